The molecule has 0 amide bonds. The minimum absolute atomic E-state index is 0.00380. The van der Waals surface area contributed by atoms with Crippen molar-refractivity contribution in [2.24, 2.45) is 14.1 Å². The molecule has 0 radical (unpaired) electrons. The fraction of sp³-hybridized carbons (Fsp3) is 0.615. The van der Waals surface area contributed by atoms with Crippen LogP contribution < -0.4 is 16.7 Å². The van der Waals surface area contributed by atoms with Crippen molar-refractivity contribution < 1.29 is 5.21 Å². The molecule has 2 aromatic rings. The number of hydrogen-bond acceptors (Lipinski definition) is 5. The Balaban J connectivity index is 2.26. The Hall–Kier alpha value is -1.93. The second-order valence-corrected chi connectivity index (χ2v) is 5.35. The molecule has 0 unspecified atom stereocenters. The fourth-order valence-electron chi connectivity index (χ4n) is 2.38. The first-order valence-corrected chi connectivity index (χ1v) is 6.97. The minimum Gasteiger partial charge on any atom is -0.328 e. The predicted molar refractivity (Wildman–Crippen MR) is 78.5 cm³/mol. The number of hydroxylamine groups is 1. The van der Waals surface area contributed by atoms with Gasteiger partial charge in [-0.05, 0) is 19.8 Å². The highest BCUT2D eigenvalue weighted by Gasteiger charge is 2.14. The van der Waals surface area contributed by atoms with Crippen molar-refractivity contribution >= 4 is 11.2 Å². The molecule has 0 aliphatic carbocycles. The molecule has 0 saturated carbocycles. The van der Waals surface area contributed by atoms with E-state index in [1.807, 2.05) is 6.92 Å². The van der Waals surface area contributed by atoms with Gasteiger partial charge in [-0.2, -0.15) is 0 Å². The molecule has 0 aliphatic heterocycles. The van der Waals surface area contributed by atoms with E-state index in [-0.39, 0.29) is 17.3 Å². The second kappa shape index (κ2) is 6.23. The van der Waals surface area contributed by atoms with Crippen molar-refractivity contribution in [3.63, 3.8) is 0 Å². The van der Waals surface area contributed by atoms with Gasteiger partial charge in [-0.3, -0.25) is 13.9 Å². The zero-order valence-electron chi connectivity index (χ0n) is 12.5. The van der Waals surface area contributed by atoms with Gasteiger partial charge in [0.2, 0.25) is 0 Å². The van der Waals surface area contributed by atoms with Crippen molar-refractivity contribution in [3.8, 4) is 0 Å². The van der Waals surface area contributed by atoms with Crippen LogP contribution in [-0.4, -0.2) is 29.9 Å². The number of nitrogens with one attached hydrogen (secondary N) is 1. The van der Waals surface area contributed by atoms with Crippen molar-refractivity contribution in [1.29, 1.82) is 0 Å². The summed E-state index contributed by atoms with van der Waals surface area (Å²) in [4.78, 5) is 28.7. The highest BCUT2D eigenvalue weighted by atomic mass is 16.5. The molecular formula is C13H21N5O3. The first-order valence-electron chi connectivity index (χ1n) is 6.97. The number of rotatable bonds is 6. The number of nitrogens with zero attached hydrogens (tertiary/aromatic N) is 4. The molecule has 116 valence electrons. The maximum atomic E-state index is 12.4. The molecule has 2 N–H and O–H groups in total. The van der Waals surface area contributed by atoms with Gasteiger partial charge in [0.1, 0.15) is 0 Å². The van der Waals surface area contributed by atoms with Crippen molar-refractivity contribution in [1.82, 2.24) is 24.2 Å². The third-order valence-corrected chi connectivity index (χ3v) is 3.69. The molecule has 0 fully saturated rings. The second-order valence-electron chi connectivity index (χ2n) is 5.35. The molecule has 2 rings (SSSR count). The molecule has 1 atom stereocenters. The lowest BCUT2D eigenvalue weighted by atomic mass is 10.1. The first-order chi connectivity index (χ1) is 9.97. The molecule has 0 saturated heterocycles. The van der Waals surface area contributed by atoms with Crippen molar-refractivity contribution in [2.45, 2.75) is 38.8 Å². The molecule has 0 spiro atoms. The van der Waals surface area contributed by atoms with E-state index in [0.717, 1.165) is 12.8 Å². The SMILES string of the molecule is C[C@H](CCCCn1c(=O)c2c(ncn2C)n(C)c1=O)NO. The number of aromatic nitrogens is 4. The van der Waals surface area contributed by atoms with E-state index in [2.05, 4.69) is 10.5 Å². The van der Waals surface area contributed by atoms with Crippen LogP contribution in [0.15, 0.2) is 15.9 Å². The average Bonchev–Trinajstić information content (AvgIpc) is 2.86. The maximum Gasteiger partial charge on any atom is 0.332 e. The van der Waals surface area contributed by atoms with E-state index in [0.29, 0.717) is 24.1 Å². The lowest BCUT2D eigenvalue weighted by Crippen LogP contribution is -2.39. The Labute approximate surface area is 121 Å². The largest absolute Gasteiger partial charge is 0.332 e. The van der Waals surface area contributed by atoms with Gasteiger partial charge in [-0.25, -0.2) is 15.3 Å². The van der Waals surface area contributed by atoms with Crippen LogP contribution in [0.5, 0.6) is 0 Å². The van der Waals surface area contributed by atoms with Gasteiger partial charge in [0.05, 0.1) is 6.33 Å². The fourth-order valence-corrected chi connectivity index (χ4v) is 2.38. The van der Waals surface area contributed by atoms with Crippen LogP contribution in [0.25, 0.3) is 11.2 Å². The molecule has 21 heavy (non-hydrogen) atoms. The van der Waals surface area contributed by atoms with Gasteiger partial charge >= 0.3 is 5.69 Å². The summed E-state index contributed by atoms with van der Waals surface area (Å²) in [6.45, 7) is 2.23. The Morgan fingerprint density at radius 1 is 1.33 bits per heavy atom. The third kappa shape index (κ3) is 2.91. The van der Waals surface area contributed by atoms with E-state index < -0.39 is 0 Å². The number of fused-ring (bicyclic) bond motifs is 1. The van der Waals surface area contributed by atoms with Crippen LogP contribution in [0, 0.1) is 0 Å². The summed E-state index contributed by atoms with van der Waals surface area (Å²) in [6.07, 6.45) is 3.82. The van der Waals surface area contributed by atoms with Crippen LogP contribution in [0.2, 0.25) is 0 Å². The topological polar surface area (TPSA) is 94.1 Å². The molecule has 0 aromatic carbocycles. The lowest BCUT2D eigenvalue weighted by Gasteiger charge is -2.10. The monoisotopic (exact) mass is 295 g/mol. The van der Waals surface area contributed by atoms with Crippen LogP contribution in [0.4, 0.5) is 0 Å². The van der Waals surface area contributed by atoms with E-state index >= 15 is 0 Å². The average molecular weight is 295 g/mol. The molecule has 2 aromatic heterocycles. The zero-order valence-corrected chi connectivity index (χ0v) is 12.5. The molecule has 0 aliphatic rings. The normalized spacial score (nSPS) is 13.0. The van der Waals surface area contributed by atoms with Crippen LogP contribution in [0.3, 0.4) is 0 Å². The van der Waals surface area contributed by atoms with Gasteiger partial charge in [-0.15, -0.1) is 0 Å². The first kappa shape index (κ1) is 15.5. The summed E-state index contributed by atoms with van der Waals surface area (Å²) in [6, 6.07) is 0.00380. The lowest BCUT2D eigenvalue weighted by molar-refractivity contribution is 0.127. The van der Waals surface area contributed by atoms with Crippen LogP contribution in [-0.2, 0) is 20.6 Å². The van der Waals surface area contributed by atoms with E-state index in [1.165, 1.54) is 15.5 Å². The number of imidazole rings is 1. The summed E-state index contributed by atoms with van der Waals surface area (Å²) in [5, 5.41) is 8.73. The summed E-state index contributed by atoms with van der Waals surface area (Å²) in [5.41, 5.74) is 2.36. The van der Waals surface area contributed by atoms with E-state index in [9.17, 15) is 9.59 Å². The Bertz CT molecular complexity index is 743. The Kier molecular flexibility index (Phi) is 4.59. The summed E-state index contributed by atoms with van der Waals surface area (Å²) < 4.78 is 4.28. The molecule has 8 nitrogen and oxygen atoms in total. The van der Waals surface area contributed by atoms with E-state index in [4.69, 9.17) is 5.21 Å². The van der Waals surface area contributed by atoms with Crippen molar-refractivity contribution in [2.75, 3.05) is 0 Å². The summed E-state index contributed by atoms with van der Waals surface area (Å²) in [5.74, 6) is 0. The van der Waals surface area contributed by atoms with Crippen LogP contribution >= 0.6 is 0 Å². The summed E-state index contributed by atoms with van der Waals surface area (Å²) >= 11 is 0. The number of unbranched alkanes of at least 4 members (excludes halogenated alkanes) is 1. The Morgan fingerprint density at radius 3 is 2.71 bits per heavy atom. The number of hydrogen-bond donors (Lipinski definition) is 2. The molecule has 0 bridgehead atoms. The zero-order chi connectivity index (χ0) is 15.6. The minimum atomic E-state index is -0.348. The molecule has 2 heterocycles. The van der Waals surface area contributed by atoms with Gasteiger partial charge in [0, 0.05) is 26.7 Å². The van der Waals surface area contributed by atoms with Gasteiger partial charge < -0.3 is 9.77 Å². The standard InChI is InChI=1S/C13H21N5O3/c1-9(15-21)6-4-5-7-18-12(19)10-11(14-8-16(10)2)17(3)13(18)20/h8-9,15,21H,4-7H2,1-3H3/t9-/m1/s1. The van der Waals surface area contributed by atoms with Crippen LogP contribution in [0.1, 0.15) is 26.2 Å². The Morgan fingerprint density at radius 2 is 2.05 bits per heavy atom. The summed E-state index contributed by atoms with van der Waals surface area (Å²) in [7, 11) is 3.35. The predicted octanol–water partition coefficient (Wildman–Crippen LogP) is -0.0287. The van der Waals surface area contributed by atoms with Gasteiger partial charge in [-0.1, -0.05) is 6.42 Å². The third-order valence-electron chi connectivity index (χ3n) is 3.69. The van der Waals surface area contributed by atoms with Crippen molar-refractivity contribution in [3.05, 3.63) is 27.2 Å². The maximum absolute atomic E-state index is 12.4. The molecule has 8 heteroatoms. The quantitative estimate of drug-likeness (QED) is 0.576. The highest BCUT2D eigenvalue weighted by molar-refractivity contribution is 5.69. The smallest absolute Gasteiger partial charge is 0.328 e. The van der Waals surface area contributed by atoms with E-state index in [1.54, 1.807) is 18.7 Å². The molecular weight excluding hydrogens is 274 g/mol. The van der Waals surface area contributed by atoms with Gasteiger partial charge in [0.15, 0.2) is 11.2 Å². The highest BCUT2D eigenvalue weighted by Crippen LogP contribution is 2.04. The van der Waals surface area contributed by atoms with Gasteiger partial charge in [0.25, 0.3) is 5.56 Å². The number of aryl methyl sites for hydroxylation is 2.